The largest absolute Gasteiger partial charge is 0.497 e. The first-order valence-corrected chi connectivity index (χ1v) is 11.9. The summed E-state index contributed by atoms with van der Waals surface area (Å²) < 4.78 is 12.2. The molecule has 3 rings (SSSR count). The summed E-state index contributed by atoms with van der Waals surface area (Å²) >= 11 is 0. The number of methoxy groups -OCH3 is 2. The summed E-state index contributed by atoms with van der Waals surface area (Å²) in [5, 5.41) is 19.9. The van der Waals surface area contributed by atoms with Gasteiger partial charge in [0.25, 0.3) is 0 Å². The van der Waals surface area contributed by atoms with Gasteiger partial charge in [-0.1, -0.05) is 0 Å². The summed E-state index contributed by atoms with van der Waals surface area (Å²) in [6.45, 7) is 0. The van der Waals surface area contributed by atoms with Crippen molar-refractivity contribution in [2.45, 2.75) is 19.3 Å². The monoisotopic (exact) mass is 477 g/mol. The summed E-state index contributed by atoms with van der Waals surface area (Å²) in [6.07, 6.45) is 4.78. The molecule has 34 heavy (non-hydrogen) atoms. The quantitative estimate of drug-likeness (QED) is 0.260. The van der Waals surface area contributed by atoms with E-state index >= 15 is 0 Å². The van der Waals surface area contributed by atoms with E-state index in [-0.39, 0.29) is 18.5 Å². The molecule has 0 atom stereocenters. The predicted octanol–water partition coefficient (Wildman–Crippen LogP) is 4.70. The van der Waals surface area contributed by atoms with E-state index in [1.807, 2.05) is 0 Å². The Morgan fingerprint density at radius 2 is 1.91 bits per heavy atom. The van der Waals surface area contributed by atoms with Crippen LogP contribution in [0.5, 0.6) is 11.5 Å². The molecule has 8 nitrogen and oxygen atoms in total. The fraction of sp³-hybridized carbons (Fsp3) is 0.240. The molecule has 0 aliphatic carbocycles. The number of benzene rings is 2. The second-order valence-electron chi connectivity index (χ2n) is 7.48. The Bertz CT molecular complexity index is 1310. The van der Waals surface area contributed by atoms with E-state index in [1.165, 1.54) is 18.8 Å². The second-order valence-corrected chi connectivity index (χ2v) is 8.67. The lowest BCUT2D eigenvalue weighted by molar-refractivity contribution is 0.0905. The highest BCUT2D eigenvalue weighted by molar-refractivity contribution is 7.45. The van der Waals surface area contributed by atoms with Gasteiger partial charge in [-0.15, -0.1) is 0 Å². The number of rotatable bonds is 9. The van der Waals surface area contributed by atoms with Crippen molar-refractivity contribution in [3.63, 3.8) is 0 Å². The Morgan fingerprint density at radius 3 is 2.56 bits per heavy atom. The molecule has 1 aromatic heterocycles. The molecule has 9 heteroatoms. The van der Waals surface area contributed by atoms with Gasteiger partial charge in [-0.3, -0.25) is 9.36 Å². The van der Waals surface area contributed by atoms with Gasteiger partial charge in [0.15, 0.2) is 8.38 Å². The molecule has 2 N–H and O–H groups in total. The van der Waals surface area contributed by atoms with Gasteiger partial charge in [0, 0.05) is 41.4 Å². The van der Waals surface area contributed by atoms with Gasteiger partial charge in [-0.05, 0) is 49.2 Å². The van der Waals surface area contributed by atoms with E-state index in [0.29, 0.717) is 57.5 Å². The van der Waals surface area contributed by atoms with Crippen LogP contribution in [0.25, 0.3) is 22.6 Å². The van der Waals surface area contributed by atoms with Crippen LogP contribution in [0, 0.1) is 22.7 Å². The highest BCUT2D eigenvalue weighted by Crippen LogP contribution is 2.33. The second kappa shape index (κ2) is 11.4. The van der Waals surface area contributed by atoms with Gasteiger partial charge < -0.3 is 19.3 Å². The summed E-state index contributed by atoms with van der Waals surface area (Å²) in [6, 6.07) is 14.5. The van der Waals surface area contributed by atoms with E-state index in [4.69, 9.17) is 19.3 Å². The molecule has 0 radical (unpaired) electrons. The molecule has 2 aromatic carbocycles. The molecule has 0 fully saturated rings. The SMILES string of the molecule is COc1ccc2c(/C(C#N)=C/c3cc(C#N)ccc3OC)cn(C(=O)CCCCP(O)O)c2c1. The number of aromatic nitrogens is 1. The molecule has 0 spiro atoms. The number of ether oxygens (including phenoxy) is 2. The number of carbonyl (C=O) groups is 1. The van der Waals surface area contributed by atoms with Gasteiger partial charge in [-0.25, -0.2) is 0 Å². The normalized spacial score (nSPS) is 11.3. The van der Waals surface area contributed by atoms with Crippen LogP contribution in [-0.2, 0) is 0 Å². The lowest BCUT2D eigenvalue weighted by Crippen LogP contribution is -2.09. The number of hydrogen-bond acceptors (Lipinski definition) is 7. The average Bonchev–Trinajstić information content (AvgIpc) is 3.23. The molecule has 0 aliphatic rings. The van der Waals surface area contributed by atoms with Crippen LogP contribution in [0.15, 0.2) is 42.6 Å². The Balaban J connectivity index is 2.08. The number of carbonyl (C=O) groups excluding carboxylic acids is 1. The average molecular weight is 477 g/mol. The van der Waals surface area contributed by atoms with Crippen LogP contribution in [0.2, 0.25) is 0 Å². The number of hydrogen-bond donors (Lipinski definition) is 2. The number of nitrogens with zero attached hydrogens (tertiary/aromatic N) is 3. The lowest BCUT2D eigenvalue weighted by atomic mass is 10.0. The fourth-order valence-electron chi connectivity index (χ4n) is 3.65. The molecule has 0 saturated carbocycles. The van der Waals surface area contributed by atoms with E-state index in [2.05, 4.69) is 12.1 Å². The van der Waals surface area contributed by atoms with Crippen molar-refractivity contribution in [3.8, 4) is 23.6 Å². The minimum atomic E-state index is -1.97. The minimum absolute atomic E-state index is 0.175. The van der Waals surface area contributed by atoms with Gasteiger partial charge in [-0.2, -0.15) is 10.5 Å². The summed E-state index contributed by atoms with van der Waals surface area (Å²) in [7, 11) is 1.08. The molecular formula is C25H24N3O5P. The molecule has 0 unspecified atom stereocenters. The first-order chi connectivity index (χ1) is 16.4. The van der Waals surface area contributed by atoms with Gasteiger partial charge in [0.05, 0.1) is 43.0 Å². The molecule has 3 aromatic rings. The summed E-state index contributed by atoms with van der Waals surface area (Å²) in [4.78, 5) is 31.2. The zero-order chi connectivity index (χ0) is 24.7. The van der Waals surface area contributed by atoms with Gasteiger partial charge in [0.1, 0.15) is 11.5 Å². The summed E-state index contributed by atoms with van der Waals surface area (Å²) in [5.74, 6) is 0.912. The smallest absolute Gasteiger partial charge is 0.231 e. The minimum Gasteiger partial charge on any atom is -0.497 e. The Hall–Kier alpha value is -3.68. The molecule has 0 aliphatic heterocycles. The maximum absolute atomic E-state index is 13.0. The third-order valence-corrected chi connectivity index (χ3v) is 6.07. The molecule has 0 saturated heterocycles. The van der Waals surface area contributed by atoms with Crippen LogP contribution >= 0.6 is 8.38 Å². The molecule has 0 amide bonds. The number of unbranched alkanes of at least 4 members (excludes halogenated alkanes) is 1. The van der Waals surface area contributed by atoms with Crippen molar-refractivity contribution in [3.05, 3.63) is 59.3 Å². The predicted molar refractivity (Wildman–Crippen MR) is 130 cm³/mol. The lowest BCUT2D eigenvalue weighted by Gasteiger charge is -2.06. The Morgan fingerprint density at radius 1 is 1.12 bits per heavy atom. The van der Waals surface area contributed by atoms with Crippen molar-refractivity contribution < 1.29 is 24.1 Å². The van der Waals surface area contributed by atoms with Crippen molar-refractivity contribution in [1.82, 2.24) is 4.57 Å². The van der Waals surface area contributed by atoms with Crippen LogP contribution in [0.4, 0.5) is 0 Å². The van der Waals surface area contributed by atoms with Crippen molar-refractivity contribution in [2.75, 3.05) is 20.4 Å². The Kier molecular flexibility index (Phi) is 8.40. The number of allylic oxidation sites excluding steroid dienone is 1. The Labute approximate surface area is 198 Å². The molecule has 1 heterocycles. The van der Waals surface area contributed by atoms with E-state index in [0.717, 1.165) is 0 Å². The van der Waals surface area contributed by atoms with Crippen molar-refractivity contribution in [2.24, 2.45) is 0 Å². The number of nitriles is 2. The van der Waals surface area contributed by atoms with Crippen LogP contribution in [0.3, 0.4) is 0 Å². The molecular weight excluding hydrogens is 453 g/mol. The molecule has 0 bridgehead atoms. The van der Waals surface area contributed by atoms with Crippen molar-refractivity contribution >= 4 is 36.8 Å². The highest BCUT2D eigenvalue weighted by atomic mass is 31.2. The van der Waals surface area contributed by atoms with Crippen LogP contribution < -0.4 is 9.47 Å². The van der Waals surface area contributed by atoms with E-state index in [9.17, 15) is 15.3 Å². The maximum atomic E-state index is 13.0. The summed E-state index contributed by atoms with van der Waals surface area (Å²) in [5.41, 5.74) is 2.47. The zero-order valence-electron chi connectivity index (χ0n) is 18.9. The standard InChI is InChI=1S/C25H24N3O5P/c1-32-20-7-8-21-22(16-28(23(21)13-20)25(29)5-3-4-10-34(30)31)19(15-27)12-18-11-17(14-26)6-9-24(18)33-2/h6-9,11-13,16,30-31H,3-5,10H2,1-2H3/b19-12+. The first-order valence-electron chi connectivity index (χ1n) is 10.5. The fourth-order valence-corrected chi connectivity index (χ4v) is 4.15. The third-order valence-electron chi connectivity index (χ3n) is 5.35. The third kappa shape index (κ3) is 5.62. The van der Waals surface area contributed by atoms with Crippen LogP contribution in [0.1, 0.15) is 40.7 Å². The van der Waals surface area contributed by atoms with E-state index < -0.39 is 8.38 Å². The topological polar surface area (TPSA) is 128 Å². The first kappa shape index (κ1) is 25.0. The van der Waals surface area contributed by atoms with Gasteiger partial charge in [0.2, 0.25) is 5.91 Å². The van der Waals surface area contributed by atoms with E-state index in [1.54, 1.807) is 48.7 Å². The highest BCUT2D eigenvalue weighted by Gasteiger charge is 2.18. The molecule has 174 valence electrons. The zero-order valence-corrected chi connectivity index (χ0v) is 19.7. The number of fused-ring (bicyclic) bond motifs is 1. The van der Waals surface area contributed by atoms with Gasteiger partial charge >= 0.3 is 0 Å². The van der Waals surface area contributed by atoms with Crippen LogP contribution in [-0.4, -0.2) is 40.6 Å². The maximum Gasteiger partial charge on any atom is 0.231 e. The van der Waals surface area contributed by atoms with Crippen molar-refractivity contribution in [1.29, 1.82) is 10.5 Å².